The Bertz CT molecular complexity index is 403. The molecule has 1 aromatic rings. The van der Waals surface area contributed by atoms with Crippen LogP contribution < -0.4 is 5.32 Å². The van der Waals surface area contributed by atoms with E-state index in [9.17, 15) is 0 Å². The first-order valence-corrected chi connectivity index (χ1v) is 6.40. The van der Waals surface area contributed by atoms with Crippen molar-refractivity contribution in [3.63, 3.8) is 0 Å². The van der Waals surface area contributed by atoms with Gasteiger partial charge in [0, 0.05) is 12.7 Å². The largest absolute Gasteiger partial charge is 0.388 e. The highest BCUT2D eigenvalue weighted by molar-refractivity contribution is 5.55. The molecule has 1 nitrogen and oxygen atoms in total. The summed E-state index contributed by atoms with van der Waals surface area (Å²) in [5, 5.41) is 3.26. The molecule has 0 aliphatic rings. The van der Waals surface area contributed by atoms with Gasteiger partial charge in [-0.3, -0.25) is 0 Å². The number of hydrogen-bond donors (Lipinski definition) is 1. The zero-order valence-corrected chi connectivity index (χ0v) is 12.7. The third-order valence-electron chi connectivity index (χ3n) is 3.18. The molecule has 0 heterocycles. The smallest absolute Gasteiger partial charge is 0.0343 e. The molecule has 1 N–H and O–H groups in total. The van der Waals surface area contributed by atoms with Gasteiger partial charge in [0.2, 0.25) is 0 Å². The topological polar surface area (TPSA) is 12.0 Å². The lowest BCUT2D eigenvalue weighted by Gasteiger charge is -2.32. The summed E-state index contributed by atoms with van der Waals surface area (Å²) < 4.78 is 0. The van der Waals surface area contributed by atoms with Gasteiger partial charge in [0.1, 0.15) is 0 Å². The summed E-state index contributed by atoms with van der Waals surface area (Å²) in [7, 11) is 1.98. The standard InChI is InChI=1S/C16H27N/c1-11-9-12(17-8)10-13(15(2,3)4)14(11)16(5,6)7/h9-10,17H,1-8H3. The third kappa shape index (κ3) is 3.02. The average Bonchev–Trinajstić information content (AvgIpc) is 2.12. The van der Waals surface area contributed by atoms with E-state index in [2.05, 4.69) is 65.9 Å². The Hall–Kier alpha value is -0.980. The van der Waals surface area contributed by atoms with Gasteiger partial charge in [-0.15, -0.1) is 0 Å². The normalized spacial score (nSPS) is 12.7. The summed E-state index contributed by atoms with van der Waals surface area (Å²) in [4.78, 5) is 0. The van der Waals surface area contributed by atoms with E-state index < -0.39 is 0 Å². The molecule has 0 saturated carbocycles. The SMILES string of the molecule is CNc1cc(C)c(C(C)(C)C)c(C(C)(C)C)c1. The van der Waals surface area contributed by atoms with E-state index in [0.717, 1.165) is 0 Å². The van der Waals surface area contributed by atoms with Crippen molar-refractivity contribution in [3.05, 3.63) is 28.8 Å². The molecule has 0 atom stereocenters. The lowest BCUT2D eigenvalue weighted by Crippen LogP contribution is -2.23. The molecular formula is C16H27N. The van der Waals surface area contributed by atoms with Crippen molar-refractivity contribution in [2.75, 3.05) is 12.4 Å². The van der Waals surface area contributed by atoms with E-state index in [1.807, 2.05) is 7.05 Å². The minimum absolute atomic E-state index is 0.181. The molecule has 1 heteroatoms. The van der Waals surface area contributed by atoms with E-state index in [0.29, 0.717) is 0 Å². The summed E-state index contributed by atoms with van der Waals surface area (Å²) in [6, 6.07) is 4.55. The average molecular weight is 233 g/mol. The Balaban J connectivity index is 3.58. The highest BCUT2D eigenvalue weighted by atomic mass is 14.8. The quantitative estimate of drug-likeness (QED) is 0.745. The maximum atomic E-state index is 3.26. The van der Waals surface area contributed by atoms with Crippen molar-refractivity contribution < 1.29 is 0 Å². The molecule has 0 aliphatic heterocycles. The van der Waals surface area contributed by atoms with Crippen molar-refractivity contribution in [1.82, 2.24) is 0 Å². The predicted molar refractivity (Wildman–Crippen MR) is 78.1 cm³/mol. The number of hydrogen-bond acceptors (Lipinski definition) is 1. The molecule has 1 rings (SSSR count). The van der Waals surface area contributed by atoms with Gasteiger partial charge < -0.3 is 5.32 Å². The number of benzene rings is 1. The van der Waals surface area contributed by atoms with Crippen molar-refractivity contribution in [2.45, 2.75) is 59.3 Å². The second-order valence-corrected chi connectivity index (χ2v) is 6.97. The second kappa shape index (κ2) is 4.36. The highest BCUT2D eigenvalue weighted by Gasteiger charge is 2.27. The Morgan fingerprint density at radius 1 is 0.882 bits per heavy atom. The maximum Gasteiger partial charge on any atom is 0.0343 e. The molecule has 0 saturated heterocycles. The Kier molecular flexibility index (Phi) is 3.61. The molecule has 0 fully saturated rings. The second-order valence-electron chi connectivity index (χ2n) is 6.97. The van der Waals surface area contributed by atoms with Crippen LogP contribution in [0.5, 0.6) is 0 Å². The van der Waals surface area contributed by atoms with Crippen LogP contribution in [0.25, 0.3) is 0 Å². The number of rotatable bonds is 1. The van der Waals surface area contributed by atoms with Crippen molar-refractivity contribution in [2.24, 2.45) is 0 Å². The molecule has 0 radical (unpaired) electrons. The van der Waals surface area contributed by atoms with E-state index in [1.54, 1.807) is 0 Å². The van der Waals surface area contributed by atoms with Crippen LogP contribution in [0.4, 0.5) is 5.69 Å². The molecule has 0 aromatic heterocycles. The van der Waals surface area contributed by atoms with Crippen molar-refractivity contribution >= 4 is 5.69 Å². The number of nitrogens with one attached hydrogen (secondary N) is 1. The molecule has 0 aliphatic carbocycles. The monoisotopic (exact) mass is 233 g/mol. The van der Waals surface area contributed by atoms with Crippen LogP contribution in [-0.4, -0.2) is 7.05 Å². The molecule has 1 aromatic carbocycles. The lowest BCUT2D eigenvalue weighted by atomic mass is 9.73. The van der Waals surface area contributed by atoms with Gasteiger partial charge in [-0.1, -0.05) is 41.5 Å². The van der Waals surface area contributed by atoms with Crippen LogP contribution in [-0.2, 0) is 10.8 Å². The van der Waals surface area contributed by atoms with Gasteiger partial charge >= 0.3 is 0 Å². The van der Waals surface area contributed by atoms with Gasteiger partial charge in [0.25, 0.3) is 0 Å². The zero-order chi connectivity index (χ0) is 13.4. The van der Waals surface area contributed by atoms with Gasteiger partial charge in [-0.2, -0.15) is 0 Å². The summed E-state index contributed by atoms with van der Waals surface area (Å²) in [6.45, 7) is 16.0. The molecule has 17 heavy (non-hydrogen) atoms. The summed E-state index contributed by atoms with van der Waals surface area (Å²) in [5.74, 6) is 0. The van der Waals surface area contributed by atoms with Crippen molar-refractivity contribution in [1.29, 1.82) is 0 Å². The minimum Gasteiger partial charge on any atom is -0.388 e. The molecule has 0 unspecified atom stereocenters. The zero-order valence-electron chi connectivity index (χ0n) is 12.7. The van der Waals surface area contributed by atoms with Gasteiger partial charge in [0.15, 0.2) is 0 Å². The predicted octanol–water partition coefficient (Wildman–Crippen LogP) is 4.63. The molecule has 0 bridgehead atoms. The van der Waals surface area contributed by atoms with Crippen LogP contribution >= 0.6 is 0 Å². The van der Waals surface area contributed by atoms with Crippen LogP contribution in [0.2, 0.25) is 0 Å². The number of anilines is 1. The van der Waals surface area contributed by atoms with E-state index in [-0.39, 0.29) is 10.8 Å². The van der Waals surface area contributed by atoms with E-state index in [1.165, 1.54) is 22.4 Å². The minimum atomic E-state index is 0.181. The third-order valence-corrected chi connectivity index (χ3v) is 3.18. The summed E-state index contributed by atoms with van der Waals surface area (Å²) in [6.07, 6.45) is 0. The first-order chi connectivity index (χ1) is 7.57. The number of aryl methyl sites for hydroxylation is 1. The van der Waals surface area contributed by atoms with Crippen LogP contribution in [0.3, 0.4) is 0 Å². The van der Waals surface area contributed by atoms with Crippen LogP contribution in [0.1, 0.15) is 58.2 Å². The summed E-state index contributed by atoms with van der Waals surface area (Å²) >= 11 is 0. The molecule has 96 valence electrons. The Morgan fingerprint density at radius 3 is 1.76 bits per heavy atom. The van der Waals surface area contributed by atoms with Gasteiger partial charge in [-0.05, 0) is 46.6 Å². The first kappa shape index (κ1) is 14.1. The van der Waals surface area contributed by atoms with E-state index >= 15 is 0 Å². The van der Waals surface area contributed by atoms with E-state index in [4.69, 9.17) is 0 Å². The molecular weight excluding hydrogens is 206 g/mol. The summed E-state index contributed by atoms with van der Waals surface area (Å²) in [5.41, 5.74) is 5.91. The molecule has 0 amide bonds. The van der Waals surface area contributed by atoms with Crippen LogP contribution in [0.15, 0.2) is 12.1 Å². The fourth-order valence-corrected chi connectivity index (χ4v) is 2.52. The fraction of sp³-hybridized carbons (Fsp3) is 0.625. The van der Waals surface area contributed by atoms with Crippen molar-refractivity contribution in [3.8, 4) is 0 Å². The maximum absolute atomic E-state index is 3.26. The van der Waals surface area contributed by atoms with Gasteiger partial charge in [0.05, 0.1) is 0 Å². The fourth-order valence-electron chi connectivity index (χ4n) is 2.52. The first-order valence-electron chi connectivity index (χ1n) is 6.40. The lowest BCUT2D eigenvalue weighted by molar-refractivity contribution is 0.527. The Labute approximate surface area is 107 Å². The highest BCUT2D eigenvalue weighted by Crippen LogP contribution is 2.37. The van der Waals surface area contributed by atoms with Gasteiger partial charge in [-0.25, -0.2) is 0 Å². The van der Waals surface area contributed by atoms with Crippen LogP contribution in [0, 0.1) is 6.92 Å². The Morgan fingerprint density at radius 2 is 1.41 bits per heavy atom. The molecule has 0 spiro atoms.